The molecule has 1 aromatic rings. The Kier molecular flexibility index (Phi) is 7.39. The quantitative estimate of drug-likeness (QED) is 0.307. The van der Waals surface area contributed by atoms with Gasteiger partial charge in [-0.1, -0.05) is 24.8 Å². The highest BCUT2D eigenvalue weighted by atomic mass is 16.5. The zero-order chi connectivity index (χ0) is 20.4. The van der Waals surface area contributed by atoms with Gasteiger partial charge < -0.3 is 15.4 Å². The molecule has 9 heteroatoms. The van der Waals surface area contributed by atoms with E-state index in [0.29, 0.717) is 18.5 Å². The van der Waals surface area contributed by atoms with Gasteiger partial charge in [-0.25, -0.2) is 19.2 Å². The van der Waals surface area contributed by atoms with E-state index in [2.05, 4.69) is 27.2 Å². The SMILES string of the molecule is C=Cc1ccc(NC(=O)NCCOC(=O)C2(N=C=O)CCCC2N=C=O)cc1. The summed E-state index contributed by atoms with van der Waals surface area (Å²) in [6.45, 7) is 3.57. The summed E-state index contributed by atoms with van der Waals surface area (Å²) < 4.78 is 5.13. The number of nitrogens with one attached hydrogen (secondary N) is 2. The molecule has 2 unspecified atom stereocenters. The summed E-state index contributed by atoms with van der Waals surface area (Å²) in [4.78, 5) is 52.7. The minimum atomic E-state index is -1.55. The van der Waals surface area contributed by atoms with E-state index in [1.165, 1.54) is 12.2 Å². The fourth-order valence-electron chi connectivity index (χ4n) is 3.01. The molecule has 28 heavy (non-hydrogen) atoms. The third kappa shape index (κ3) is 5.01. The number of hydrogen-bond donors (Lipinski definition) is 2. The maximum Gasteiger partial charge on any atom is 0.337 e. The molecule has 146 valence electrons. The second-order valence-corrected chi connectivity index (χ2v) is 6.10. The van der Waals surface area contributed by atoms with Gasteiger partial charge in [0.25, 0.3) is 0 Å². The van der Waals surface area contributed by atoms with Gasteiger partial charge in [-0.3, -0.25) is 0 Å². The predicted molar refractivity (Wildman–Crippen MR) is 101 cm³/mol. The van der Waals surface area contributed by atoms with Gasteiger partial charge in [-0.15, -0.1) is 0 Å². The van der Waals surface area contributed by atoms with Gasteiger partial charge in [0.1, 0.15) is 6.61 Å². The Hall–Kier alpha value is -3.54. The standard InChI is InChI=1S/C19H20N4O5/c1-2-14-5-7-15(8-6-14)23-18(27)20-10-11-28-17(26)19(22-13-25)9-3-4-16(19)21-12-24/h2,5-8,16H,1,3-4,9-11H2,(H2,20,23,27). The van der Waals surface area contributed by atoms with E-state index in [9.17, 15) is 19.2 Å². The number of carbonyl (C=O) groups excluding carboxylic acids is 4. The number of nitrogens with zero attached hydrogens (tertiary/aromatic N) is 2. The van der Waals surface area contributed by atoms with Gasteiger partial charge in [-0.05, 0) is 37.0 Å². The van der Waals surface area contributed by atoms with Crippen LogP contribution >= 0.6 is 0 Å². The minimum Gasteiger partial charge on any atom is -0.462 e. The van der Waals surface area contributed by atoms with E-state index in [1.807, 2.05) is 0 Å². The van der Waals surface area contributed by atoms with Crippen LogP contribution in [0.15, 0.2) is 40.8 Å². The molecule has 2 N–H and O–H groups in total. The Morgan fingerprint density at radius 2 is 2.04 bits per heavy atom. The van der Waals surface area contributed by atoms with Crippen LogP contribution in [0.3, 0.4) is 0 Å². The van der Waals surface area contributed by atoms with Crippen molar-refractivity contribution < 1.29 is 23.9 Å². The first-order valence-corrected chi connectivity index (χ1v) is 8.66. The molecule has 0 aliphatic heterocycles. The molecule has 0 radical (unpaired) electrons. The number of urea groups is 1. The topological polar surface area (TPSA) is 126 Å². The first kappa shape index (κ1) is 20.8. The number of isocyanates is 2. The van der Waals surface area contributed by atoms with Crippen LogP contribution < -0.4 is 10.6 Å². The van der Waals surface area contributed by atoms with Crippen LogP contribution in [0.25, 0.3) is 6.08 Å². The minimum absolute atomic E-state index is 0.0464. The summed E-state index contributed by atoms with van der Waals surface area (Å²) in [6.07, 6.45) is 5.65. The summed E-state index contributed by atoms with van der Waals surface area (Å²) in [5.41, 5.74) is -0.0253. The molecule has 9 nitrogen and oxygen atoms in total. The van der Waals surface area contributed by atoms with Crippen LogP contribution in [-0.4, -0.2) is 48.9 Å². The van der Waals surface area contributed by atoms with Crippen molar-refractivity contribution in [1.29, 1.82) is 0 Å². The number of rotatable bonds is 8. The fraction of sp³-hybridized carbons (Fsp3) is 0.368. The van der Waals surface area contributed by atoms with E-state index in [0.717, 1.165) is 5.56 Å². The molecule has 0 saturated heterocycles. The number of amides is 2. The van der Waals surface area contributed by atoms with Gasteiger partial charge in [0, 0.05) is 5.69 Å². The van der Waals surface area contributed by atoms with Gasteiger partial charge >= 0.3 is 12.0 Å². The molecule has 2 amide bonds. The fourth-order valence-corrected chi connectivity index (χ4v) is 3.01. The Bertz CT molecular complexity index is 825. The van der Waals surface area contributed by atoms with E-state index in [4.69, 9.17) is 4.74 Å². The first-order chi connectivity index (χ1) is 13.6. The summed E-state index contributed by atoms with van der Waals surface area (Å²) in [6, 6.07) is 5.80. The highest BCUT2D eigenvalue weighted by Crippen LogP contribution is 2.36. The van der Waals surface area contributed by atoms with E-state index in [-0.39, 0.29) is 19.6 Å². The lowest BCUT2D eigenvalue weighted by atomic mass is 9.94. The maximum absolute atomic E-state index is 12.4. The number of aliphatic imine (C=N–C) groups is 2. The smallest absolute Gasteiger partial charge is 0.337 e. The zero-order valence-corrected chi connectivity index (χ0v) is 15.1. The van der Waals surface area contributed by atoms with E-state index >= 15 is 0 Å². The molecule has 1 saturated carbocycles. The van der Waals surface area contributed by atoms with Crippen LogP contribution in [0.4, 0.5) is 10.5 Å². The third-order valence-corrected chi connectivity index (χ3v) is 4.42. The Morgan fingerprint density at radius 1 is 1.29 bits per heavy atom. The highest BCUT2D eigenvalue weighted by molar-refractivity contribution is 5.89. The van der Waals surface area contributed by atoms with Crippen LogP contribution in [0, 0.1) is 0 Å². The van der Waals surface area contributed by atoms with Crippen molar-refractivity contribution in [1.82, 2.24) is 5.32 Å². The Labute approximate surface area is 161 Å². The van der Waals surface area contributed by atoms with Crippen molar-refractivity contribution in [2.75, 3.05) is 18.5 Å². The van der Waals surface area contributed by atoms with Crippen LogP contribution in [0.5, 0.6) is 0 Å². The molecular weight excluding hydrogens is 364 g/mol. The molecule has 1 aliphatic rings. The van der Waals surface area contributed by atoms with Crippen molar-refractivity contribution in [3.63, 3.8) is 0 Å². The number of anilines is 1. The normalized spacial score (nSPS) is 20.2. The zero-order valence-electron chi connectivity index (χ0n) is 15.1. The van der Waals surface area contributed by atoms with Crippen LogP contribution in [0.2, 0.25) is 0 Å². The van der Waals surface area contributed by atoms with E-state index in [1.54, 1.807) is 30.3 Å². The van der Waals surface area contributed by atoms with Gasteiger partial charge in [0.05, 0.1) is 12.6 Å². The summed E-state index contributed by atoms with van der Waals surface area (Å²) in [7, 11) is 0. The molecule has 0 heterocycles. The second kappa shape index (κ2) is 9.97. The molecule has 0 spiro atoms. The molecule has 0 aromatic heterocycles. The molecular formula is C19H20N4O5. The summed E-state index contributed by atoms with van der Waals surface area (Å²) >= 11 is 0. The molecule has 2 rings (SSSR count). The van der Waals surface area contributed by atoms with Crippen molar-refractivity contribution >= 4 is 35.9 Å². The maximum atomic E-state index is 12.4. The van der Waals surface area contributed by atoms with Crippen molar-refractivity contribution in [2.24, 2.45) is 9.98 Å². The lowest BCUT2D eigenvalue weighted by molar-refractivity contribution is -0.150. The number of carbonyl (C=O) groups is 2. The average molecular weight is 384 g/mol. The first-order valence-electron chi connectivity index (χ1n) is 8.66. The van der Waals surface area contributed by atoms with Crippen LogP contribution in [0.1, 0.15) is 24.8 Å². The lowest BCUT2D eigenvalue weighted by Gasteiger charge is -2.24. The summed E-state index contributed by atoms with van der Waals surface area (Å²) in [5, 5.41) is 5.18. The van der Waals surface area contributed by atoms with Gasteiger partial charge in [-0.2, -0.15) is 9.98 Å². The molecule has 0 bridgehead atoms. The van der Waals surface area contributed by atoms with Gasteiger partial charge in [0.15, 0.2) is 5.54 Å². The monoisotopic (exact) mass is 384 g/mol. The number of benzene rings is 1. The van der Waals surface area contributed by atoms with Crippen molar-refractivity contribution in [3.05, 3.63) is 36.4 Å². The summed E-state index contributed by atoms with van der Waals surface area (Å²) in [5.74, 6) is -0.778. The number of esters is 1. The van der Waals surface area contributed by atoms with Crippen molar-refractivity contribution in [2.45, 2.75) is 30.8 Å². The Morgan fingerprint density at radius 3 is 2.68 bits per heavy atom. The average Bonchev–Trinajstić information content (AvgIpc) is 3.10. The molecule has 2 atom stereocenters. The highest BCUT2D eigenvalue weighted by Gasteiger charge is 2.51. The van der Waals surface area contributed by atoms with Crippen molar-refractivity contribution in [3.8, 4) is 0 Å². The lowest BCUT2D eigenvalue weighted by Crippen LogP contribution is -2.45. The van der Waals surface area contributed by atoms with Crippen LogP contribution in [-0.2, 0) is 19.1 Å². The van der Waals surface area contributed by atoms with Gasteiger partial charge in [0.2, 0.25) is 12.2 Å². The molecule has 1 aliphatic carbocycles. The third-order valence-electron chi connectivity index (χ3n) is 4.42. The van der Waals surface area contributed by atoms with E-state index < -0.39 is 23.6 Å². The molecule has 1 fully saturated rings. The largest absolute Gasteiger partial charge is 0.462 e. The predicted octanol–water partition coefficient (Wildman–Crippen LogP) is 1.96. The number of ether oxygens (including phenoxy) is 1. The second-order valence-electron chi connectivity index (χ2n) is 6.10. The molecule has 1 aromatic carbocycles. The number of hydrogen-bond acceptors (Lipinski definition) is 7. The Balaban J connectivity index is 1.83.